The summed E-state index contributed by atoms with van der Waals surface area (Å²) in [5, 5.41) is 16.4. The summed E-state index contributed by atoms with van der Waals surface area (Å²) >= 11 is 0. The Hall–Kier alpha value is -3.21. The molecule has 0 fully saturated rings. The molecule has 1 aliphatic heterocycles. The van der Waals surface area contributed by atoms with E-state index in [2.05, 4.69) is 10.5 Å². The number of allylic oxidation sites excluding steroid dienone is 2. The van der Waals surface area contributed by atoms with Gasteiger partial charge in [0.15, 0.2) is 18.2 Å². The molecule has 1 aliphatic rings. The molecule has 0 aromatic heterocycles. The highest BCUT2D eigenvalue weighted by molar-refractivity contribution is 6.46. The maximum atomic E-state index is 12.5. The first-order valence-corrected chi connectivity index (χ1v) is 9.57. The number of nitrogens with two attached hydrogens (primary N) is 1. The molecule has 1 amide bonds. The molecule has 1 aromatic rings. The Bertz CT molecular complexity index is 862. The van der Waals surface area contributed by atoms with Crippen LogP contribution in [0.1, 0.15) is 12.5 Å². The molecule has 4 N–H and O–H groups in total. The minimum atomic E-state index is -1.39. The van der Waals surface area contributed by atoms with Gasteiger partial charge < -0.3 is 24.5 Å². The van der Waals surface area contributed by atoms with Crippen molar-refractivity contribution in [3.8, 4) is 0 Å². The van der Waals surface area contributed by atoms with Crippen LogP contribution in [-0.2, 0) is 19.1 Å². The predicted molar refractivity (Wildman–Crippen MR) is 118 cm³/mol. The van der Waals surface area contributed by atoms with Crippen LogP contribution in [0, 0.1) is 5.41 Å². The van der Waals surface area contributed by atoms with E-state index in [1.807, 2.05) is 60.5 Å². The molecule has 1 heterocycles. The monoisotopic (exact) mass is 430 g/mol. The highest BCUT2D eigenvalue weighted by atomic mass is 16.7. The number of hydrogen-bond acceptors (Lipinski definition) is 8. The standard InChI is InChI=1S/C21H30N6O4/c1-21(29-4,30-5)20(28)24-17-13-9-12-16(26(17)2)14-31-25-18(19(22)27(3)23)15-10-7-6-8-11-15/h6-13,17,22H,14,23H2,1-5H3,(H,24,28)/b22-19?,25-18-. The van der Waals surface area contributed by atoms with Crippen LogP contribution in [0.15, 0.2) is 59.4 Å². The fourth-order valence-electron chi connectivity index (χ4n) is 2.68. The van der Waals surface area contributed by atoms with Gasteiger partial charge in [-0.1, -0.05) is 41.6 Å². The highest BCUT2D eigenvalue weighted by Gasteiger charge is 2.35. The van der Waals surface area contributed by atoms with E-state index in [4.69, 9.17) is 25.6 Å². The van der Waals surface area contributed by atoms with Gasteiger partial charge in [0.25, 0.3) is 5.91 Å². The van der Waals surface area contributed by atoms with Gasteiger partial charge in [0, 0.05) is 33.9 Å². The summed E-state index contributed by atoms with van der Waals surface area (Å²) in [5.41, 5.74) is 1.79. The summed E-state index contributed by atoms with van der Waals surface area (Å²) in [7, 11) is 6.19. The number of amidine groups is 1. The van der Waals surface area contributed by atoms with Gasteiger partial charge in [-0.05, 0) is 19.1 Å². The number of nitrogens with one attached hydrogen (secondary N) is 2. The molecule has 1 unspecified atom stereocenters. The number of amides is 1. The lowest BCUT2D eigenvalue weighted by molar-refractivity contribution is -0.202. The van der Waals surface area contributed by atoms with Crippen LogP contribution in [0.4, 0.5) is 0 Å². The fourth-order valence-corrected chi connectivity index (χ4v) is 2.68. The normalized spacial score (nSPS) is 16.6. The average molecular weight is 431 g/mol. The first-order valence-electron chi connectivity index (χ1n) is 9.57. The van der Waals surface area contributed by atoms with Crippen molar-refractivity contribution >= 4 is 17.5 Å². The molecular weight excluding hydrogens is 400 g/mol. The second-order valence-electron chi connectivity index (χ2n) is 6.96. The second-order valence-corrected chi connectivity index (χ2v) is 6.96. The first-order chi connectivity index (χ1) is 14.7. The number of ether oxygens (including phenoxy) is 2. The minimum absolute atomic E-state index is 0.0145. The molecule has 2 rings (SSSR count). The number of hydrazine groups is 1. The topological polar surface area (TPSA) is 125 Å². The number of likely N-dealkylation sites (N-methyl/N-ethyl adjacent to an activating group) is 2. The van der Waals surface area contributed by atoms with Crippen LogP contribution in [0.3, 0.4) is 0 Å². The van der Waals surface area contributed by atoms with Crippen LogP contribution < -0.4 is 11.2 Å². The Labute approximate surface area is 182 Å². The van der Waals surface area contributed by atoms with Gasteiger partial charge in [-0.2, -0.15) is 0 Å². The van der Waals surface area contributed by atoms with Gasteiger partial charge in [-0.15, -0.1) is 0 Å². The van der Waals surface area contributed by atoms with E-state index in [1.165, 1.54) is 21.1 Å². The van der Waals surface area contributed by atoms with Crippen LogP contribution >= 0.6 is 0 Å². The maximum absolute atomic E-state index is 12.5. The summed E-state index contributed by atoms with van der Waals surface area (Å²) < 4.78 is 10.3. The summed E-state index contributed by atoms with van der Waals surface area (Å²) in [5.74, 6) is 3.93. The Morgan fingerprint density at radius 3 is 2.55 bits per heavy atom. The third kappa shape index (κ3) is 5.91. The molecule has 168 valence electrons. The van der Waals surface area contributed by atoms with Crippen molar-refractivity contribution in [1.82, 2.24) is 15.2 Å². The van der Waals surface area contributed by atoms with Crippen molar-refractivity contribution in [2.45, 2.75) is 18.9 Å². The van der Waals surface area contributed by atoms with E-state index < -0.39 is 17.9 Å². The molecule has 0 radical (unpaired) electrons. The number of nitrogens with zero attached hydrogens (tertiary/aromatic N) is 3. The van der Waals surface area contributed by atoms with Gasteiger partial charge in [0.2, 0.25) is 5.79 Å². The van der Waals surface area contributed by atoms with Crippen molar-refractivity contribution < 1.29 is 19.1 Å². The molecule has 1 atom stereocenters. The quantitative estimate of drug-likeness (QED) is 0.176. The zero-order valence-corrected chi connectivity index (χ0v) is 18.5. The van der Waals surface area contributed by atoms with Gasteiger partial charge >= 0.3 is 0 Å². The molecule has 10 nitrogen and oxygen atoms in total. The molecule has 0 spiro atoms. The van der Waals surface area contributed by atoms with Gasteiger partial charge in [0.1, 0.15) is 6.17 Å². The van der Waals surface area contributed by atoms with E-state index in [0.717, 1.165) is 10.7 Å². The van der Waals surface area contributed by atoms with Crippen molar-refractivity contribution in [3.05, 3.63) is 59.8 Å². The molecule has 31 heavy (non-hydrogen) atoms. The van der Waals surface area contributed by atoms with E-state index in [9.17, 15) is 4.79 Å². The van der Waals surface area contributed by atoms with Gasteiger partial charge in [-0.25, -0.2) is 5.84 Å². The fraction of sp³-hybridized carbons (Fsp3) is 0.381. The lowest BCUT2D eigenvalue weighted by Gasteiger charge is -2.34. The SMILES string of the molecule is COC(C)(OC)C(=O)NC1C=CC=C(CO/N=C(\C(=N)N(C)N)c2ccccc2)N1C. The van der Waals surface area contributed by atoms with Gasteiger partial charge in [0.05, 0.1) is 5.70 Å². The third-order valence-corrected chi connectivity index (χ3v) is 4.92. The van der Waals surface area contributed by atoms with E-state index in [-0.39, 0.29) is 12.4 Å². The van der Waals surface area contributed by atoms with Crippen molar-refractivity contribution in [2.75, 3.05) is 34.9 Å². The first kappa shape index (κ1) is 24.1. The molecule has 10 heteroatoms. The molecule has 0 saturated carbocycles. The zero-order chi connectivity index (χ0) is 23.0. The van der Waals surface area contributed by atoms with E-state index >= 15 is 0 Å². The van der Waals surface area contributed by atoms with Crippen molar-refractivity contribution in [2.24, 2.45) is 11.0 Å². The molecule has 1 aromatic carbocycles. The van der Waals surface area contributed by atoms with Crippen molar-refractivity contribution in [3.63, 3.8) is 0 Å². The summed E-state index contributed by atoms with van der Waals surface area (Å²) in [6.45, 7) is 1.66. The number of rotatable bonds is 9. The van der Waals surface area contributed by atoms with E-state index in [1.54, 1.807) is 7.05 Å². The van der Waals surface area contributed by atoms with Crippen molar-refractivity contribution in [1.29, 1.82) is 5.41 Å². The van der Waals surface area contributed by atoms with Crippen LogP contribution in [0.2, 0.25) is 0 Å². The molecule has 0 saturated heterocycles. The average Bonchev–Trinajstić information content (AvgIpc) is 2.78. The summed E-state index contributed by atoms with van der Waals surface area (Å²) in [4.78, 5) is 19.9. The number of carbonyl (C=O) groups excluding carboxylic acids is 1. The maximum Gasteiger partial charge on any atom is 0.281 e. The Balaban J connectivity index is 2.08. The van der Waals surface area contributed by atoms with Crippen LogP contribution in [0.25, 0.3) is 0 Å². The number of benzene rings is 1. The zero-order valence-electron chi connectivity index (χ0n) is 18.5. The second kappa shape index (κ2) is 10.7. The molecule has 0 bridgehead atoms. The highest BCUT2D eigenvalue weighted by Crippen LogP contribution is 2.16. The minimum Gasteiger partial charge on any atom is -0.389 e. The van der Waals surface area contributed by atoms with Crippen LogP contribution in [-0.4, -0.2) is 74.2 Å². The number of hydrogen-bond donors (Lipinski definition) is 3. The summed E-state index contributed by atoms with van der Waals surface area (Å²) in [6, 6.07) is 9.21. The van der Waals surface area contributed by atoms with E-state index in [0.29, 0.717) is 11.3 Å². The Morgan fingerprint density at radius 2 is 1.97 bits per heavy atom. The number of carbonyl (C=O) groups is 1. The number of methoxy groups -OCH3 is 2. The van der Waals surface area contributed by atoms with Gasteiger partial charge in [-0.3, -0.25) is 15.2 Å². The summed E-state index contributed by atoms with van der Waals surface area (Å²) in [6.07, 6.45) is 5.07. The third-order valence-electron chi connectivity index (χ3n) is 4.92. The molecule has 0 aliphatic carbocycles. The Morgan fingerprint density at radius 1 is 1.32 bits per heavy atom. The molecular formula is C21H30N6O4. The predicted octanol–water partition coefficient (Wildman–Crippen LogP) is 1.03. The number of oxime groups is 1. The van der Waals surface area contributed by atoms with Crippen LogP contribution in [0.5, 0.6) is 0 Å². The smallest absolute Gasteiger partial charge is 0.281 e. The lowest BCUT2D eigenvalue weighted by atomic mass is 10.1. The lowest BCUT2D eigenvalue weighted by Crippen LogP contribution is -2.54. The largest absolute Gasteiger partial charge is 0.389 e. The Kier molecular flexibility index (Phi) is 8.31.